The van der Waals surface area contributed by atoms with Crippen LogP contribution in [0.25, 0.3) is 0 Å². The Bertz CT molecular complexity index is 445. The average molecular weight is 235 g/mol. The third-order valence-corrected chi connectivity index (χ3v) is 2.66. The van der Waals surface area contributed by atoms with E-state index in [4.69, 9.17) is 0 Å². The third kappa shape index (κ3) is 2.55. The lowest BCUT2D eigenvalue weighted by Gasteiger charge is -2.20. The van der Waals surface area contributed by atoms with E-state index in [1.165, 1.54) is 20.0 Å². The Morgan fingerprint density at radius 2 is 2.06 bits per heavy atom. The Hall–Kier alpha value is -2.04. The second-order valence-electron chi connectivity index (χ2n) is 3.74. The summed E-state index contributed by atoms with van der Waals surface area (Å²) in [5.74, 6) is -1.37. The quantitative estimate of drug-likeness (QED) is 0.693. The van der Waals surface area contributed by atoms with Crippen LogP contribution in [0.15, 0.2) is 22.8 Å². The second-order valence-corrected chi connectivity index (χ2v) is 3.74. The molecule has 0 aromatic rings. The van der Waals surface area contributed by atoms with Gasteiger partial charge in [-0.15, -0.1) is 0 Å². The number of aldehydes is 2. The first-order valence-corrected chi connectivity index (χ1v) is 5.13. The molecule has 0 aromatic carbocycles. The summed E-state index contributed by atoms with van der Waals surface area (Å²) in [7, 11) is 1.44. The number of hydrogen-bond acceptors (Lipinski definition) is 4. The lowest BCUT2D eigenvalue weighted by Crippen LogP contribution is -2.28. The fraction of sp³-hybridized carbons (Fsp3) is 0.333. The van der Waals surface area contributed by atoms with E-state index >= 15 is 0 Å². The van der Waals surface area contributed by atoms with Gasteiger partial charge < -0.3 is 10.1 Å². The van der Waals surface area contributed by atoms with Crippen molar-refractivity contribution in [2.75, 3.05) is 7.05 Å². The van der Waals surface area contributed by atoms with Gasteiger partial charge in [0.05, 0.1) is 0 Å². The summed E-state index contributed by atoms with van der Waals surface area (Å²) in [6, 6.07) is 0. The highest BCUT2D eigenvalue weighted by atomic mass is 16.2. The molecule has 0 bridgehead atoms. The first-order valence-electron chi connectivity index (χ1n) is 5.13. The number of carbonyl (C=O) groups is 4. The summed E-state index contributed by atoms with van der Waals surface area (Å²) in [5.41, 5.74) is 0.692. The zero-order valence-electron chi connectivity index (χ0n) is 9.65. The zero-order valence-corrected chi connectivity index (χ0v) is 9.65. The van der Waals surface area contributed by atoms with E-state index in [0.29, 0.717) is 12.6 Å². The molecule has 0 fully saturated rings. The summed E-state index contributed by atoms with van der Waals surface area (Å²) >= 11 is 0. The first-order chi connectivity index (χ1) is 8.04. The molecule has 0 saturated heterocycles. The van der Waals surface area contributed by atoms with Gasteiger partial charge in [0.1, 0.15) is 12.6 Å². The van der Waals surface area contributed by atoms with Gasteiger partial charge in [-0.25, -0.2) is 0 Å². The highest BCUT2D eigenvalue weighted by molar-refractivity contribution is 6.06. The number of likely N-dealkylation sites (N-methyl/N-ethyl adjacent to an activating group) is 1. The van der Waals surface area contributed by atoms with Crippen LogP contribution in [0.3, 0.4) is 0 Å². The summed E-state index contributed by atoms with van der Waals surface area (Å²) in [4.78, 5) is 44.6. The lowest BCUT2D eigenvalue weighted by atomic mass is 9.83. The summed E-state index contributed by atoms with van der Waals surface area (Å²) in [6.07, 6.45) is 2.60. The highest BCUT2D eigenvalue weighted by Gasteiger charge is 2.28. The predicted molar refractivity (Wildman–Crippen MR) is 60.1 cm³/mol. The summed E-state index contributed by atoms with van der Waals surface area (Å²) in [6.45, 7) is 1.32. The van der Waals surface area contributed by atoms with Crippen LogP contribution in [0, 0.1) is 5.92 Å². The molecule has 1 aliphatic rings. The average Bonchev–Trinajstić information content (AvgIpc) is 2.35. The van der Waals surface area contributed by atoms with Crippen LogP contribution in [0.1, 0.15) is 13.3 Å². The Morgan fingerprint density at radius 1 is 1.41 bits per heavy atom. The number of Topliss-reactive ketones (excluding diaryl/α,β-unsaturated/α-hetero) is 1. The smallest absolute Gasteiger partial charge is 0.247 e. The number of allylic oxidation sites excluding steroid dienone is 3. The summed E-state index contributed by atoms with van der Waals surface area (Å²) < 4.78 is 0. The third-order valence-electron chi connectivity index (χ3n) is 2.66. The zero-order chi connectivity index (χ0) is 13.0. The molecule has 0 aliphatic heterocycles. The Kier molecular flexibility index (Phi) is 4.09. The molecule has 0 spiro atoms. The van der Waals surface area contributed by atoms with Crippen molar-refractivity contribution in [2.24, 2.45) is 5.92 Å². The molecule has 5 nitrogen and oxygen atoms in total. The fourth-order valence-electron chi connectivity index (χ4n) is 1.75. The second kappa shape index (κ2) is 5.34. The van der Waals surface area contributed by atoms with Crippen LogP contribution in [-0.4, -0.2) is 31.3 Å². The van der Waals surface area contributed by atoms with Crippen LogP contribution in [0.5, 0.6) is 0 Å². The van der Waals surface area contributed by atoms with Gasteiger partial charge in [-0.1, -0.05) is 0 Å². The van der Waals surface area contributed by atoms with Gasteiger partial charge in [0.2, 0.25) is 5.91 Å². The van der Waals surface area contributed by atoms with Crippen LogP contribution < -0.4 is 5.32 Å². The SMILES string of the molecule is CNC(=O)C1=CC(C(C)=O)=C(C=O)CC1C=O. The van der Waals surface area contributed by atoms with Crippen molar-refractivity contribution in [3.05, 3.63) is 22.8 Å². The molecule has 1 unspecified atom stereocenters. The van der Waals surface area contributed by atoms with E-state index in [1.807, 2.05) is 0 Å². The van der Waals surface area contributed by atoms with E-state index in [-0.39, 0.29) is 28.9 Å². The number of carbonyl (C=O) groups excluding carboxylic acids is 4. The lowest BCUT2D eigenvalue weighted by molar-refractivity contribution is -0.119. The minimum Gasteiger partial charge on any atom is -0.355 e. The largest absolute Gasteiger partial charge is 0.355 e. The van der Waals surface area contributed by atoms with E-state index in [9.17, 15) is 19.2 Å². The Morgan fingerprint density at radius 3 is 2.47 bits per heavy atom. The molecule has 0 radical (unpaired) electrons. The van der Waals surface area contributed by atoms with Crippen molar-refractivity contribution < 1.29 is 19.2 Å². The summed E-state index contributed by atoms with van der Waals surface area (Å²) in [5, 5.41) is 2.40. The van der Waals surface area contributed by atoms with E-state index in [1.54, 1.807) is 0 Å². The molecule has 1 amide bonds. The number of rotatable bonds is 4. The number of nitrogens with one attached hydrogen (secondary N) is 1. The number of amides is 1. The standard InChI is InChI=1S/C12H13NO4/c1-7(16)10-4-11(12(17)13-2)9(6-15)3-8(10)5-14/h4-6,9H,3H2,1-2H3,(H,13,17). The van der Waals surface area contributed by atoms with Crippen LogP contribution >= 0.6 is 0 Å². The topological polar surface area (TPSA) is 80.3 Å². The van der Waals surface area contributed by atoms with Crippen molar-refractivity contribution in [1.29, 1.82) is 0 Å². The molecule has 0 heterocycles. The van der Waals surface area contributed by atoms with Gasteiger partial charge in [0.15, 0.2) is 5.78 Å². The molecular formula is C12H13NO4. The van der Waals surface area contributed by atoms with Crippen molar-refractivity contribution in [1.82, 2.24) is 5.32 Å². The normalized spacial score (nSPS) is 19.4. The van der Waals surface area contributed by atoms with E-state index in [2.05, 4.69) is 5.32 Å². The van der Waals surface area contributed by atoms with Gasteiger partial charge in [-0.2, -0.15) is 0 Å². The minimum absolute atomic E-state index is 0.0984. The van der Waals surface area contributed by atoms with Crippen molar-refractivity contribution in [2.45, 2.75) is 13.3 Å². The van der Waals surface area contributed by atoms with Gasteiger partial charge >= 0.3 is 0 Å². The number of ketones is 1. The molecule has 17 heavy (non-hydrogen) atoms. The maximum absolute atomic E-state index is 11.5. The molecule has 1 N–H and O–H groups in total. The van der Waals surface area contributed by atoms with Crippen LogP contribution in [0.2, 0.25) is 0 Å². The van der Waals surface area contributed by atoms with Crippen LogP contribution in [0.4, 0.5) is 0 Å². The molecule has 1 atom stereocenters. The Labute approximate surface area is 98.6 Å². The molecule has 90 valence electrons. The molecule has 1 rings (SSSR count). The van der Waals surface area contributed by atoms with Gasteiger partial charge in [0, 0.05) is 29.7 Å². The molecule has 1 aliphatic carbocycles. The van der Waals surface area contributed by atoms with Gasteiger partial charge in [0.25, 0.3) is 0 Å². The van der Waals surface area contributed by atoms with Crippen molar-refractivity contribution in [3.8, 4) is 0 Å². The van der Waals surface area contributed by atoms with E-state index in [0.717, 1.165) is 0 Å². The van der Waals surface area contributed by atoms with Gasteiger partial charge in [-0.05, 0) is 19.4 Å². The van der Waals surface area contributed by atoms with Crippen LogP contribution in [-0.2, 0) is 19.2 Å². The number of hydrogen-bond donors (Lipinski definition) is 1. The van der Waals surface area contributed by atoms with E-state index < -0.39 is 11.8 Å². The maximum atomic E-state index is 11.5. The molecule has 0 aromatic heterocycles. The molecular weight excluding hydrogens is 222 g/mol. The van der Waals surface area contributed by atoms with Gasteiger partial charge in [-0.3, -0.25) is 14.4 Å². The molecule has 5 heteroatoms. The maximum Gasteiger partial charge on any atom is 0.247 e. The predicted octanol–water partition coefficient (Wildman–Crippen LogP) is -0.0379. The minimum atomic E-state index is -0.668. The monoisotopic (exact) mass is 235 g/mol. The van der Waals surface area contributed by atoms with Crippen molar-refractivity contribution in [3.63, 3.8) is 0 Å². The Balaban J connectivity index is 3.29. The molecule has 0 saturated carbocycles. The van der Waals surface area contributed by atoms with Crippen molar-refractivity contribution >= 4 is 24.3 Å². The fourth-order valence-corrected chi connectivity index (χ4v) is 1.75. The first kappa shape index (κ1) is 13.0. The highest BCUT2D eigenvalue weighted by Crippen LogP contribution is 2.27.